The summed E-state index contributed by atoms with van der Waals surface area (Å²) in [5.41, 5.74) is 5.36. The molecule has 1 aromatic rings. The second-order valence-electron chi connectivity index (χ2n) is 5.66. The molecule has 0 aromatic carbocycles. The number of hydrogen-bond acceptors (Lipinski definition) is 4. The van der Waals surface area contributed by atoms with Crippen molar-refractivity contribution in [2.75, 3.05) is 39.3 Å². The van der Waals surface area contributed by atoms with Crippen LogP contribution in [0.5, 0.6) is 0 Å². The van der Waals surface area contributed by atoms with E-state index in [1.54, 1.807) is 0 Å². The third-order valence-corrected chi connectivity index (χ3v) is 4.40. The highest BCUT2D eigenvalue weighted by Crippen LogP contribution is 2.18. The standard InChI is InChI=1S/C16H23N3OS/c1-13(2)12-18-8-10-19(11-9-18)16(20)15-6-5-14(21-15)4-3-7-17/h5-6,13H,7-12,17H2,1-2H3. The Morgan fingerprint density at radius 2 is 2.05 bits per heavy atom. The summed E-state index contributed by atoms with van der Waals surface area (Å²) in [5, 5.41) is 0. The maximum atomic E-state index is 12.5. The van der Waals surface area contributed by atoms with Crippen molar-refractivity contribution in [1.29, 1.82) is 0 Å². The number of hydrogen-bond donors (Lipinski definition) is 1. The highest BCUT2D eigenvalue weighted by molar-refractivity contribution is 7.14. The molecular weight excluding hydrogens is 282 g/mol. The van der Waals surface area contributed by atoms with Crippen LogP contribution in [0.1, 0.15) is 28.4 Å². The predicted molar refractivity (Wildman–Crippen MR) is 87.4 cm³/mol. The molecule has 0 bridgehead atoms. The van der Waals surface area contributed by atoms with Gasteiger partial charge in [-0.25, -0.2) is 0 Å². The van der Waals surface area contributed by atoms with Gasteiger partial charge in [0, 0.05) is 32.7 Å². The highest BCUT2D eigenvalue weighted by Gasteiger charge is 2.23. The normalized spacial score (nSPS) is 15.9. The summed E-state index contributed by atoms with van der Waals surface area (Å²) < 4.78 is 0. The summed E-state index contributed by atoms with van der Waals surface area (Å²) in [5.74, 6) is 6.60. The van der Waals surface area contributed by atoms with Crippen LogP contribution in [0.2, 0.25) is 0 Å². The first kappa shape index (κ1) is 16.0. The lowest BCUT2D eigenvalue weighted by Crippen LogP contribution is -2.49. The van der Waals surface area contributed by atoms with Crippen LogP contribution in [0.25, 0.3) is 0 Å². The van der Waals surface area contributed by atoms with Crippen LogP contribution in [0, 0.1) is 17.8 Å². The molecule has 2 N–H and O–H groups in total. The van der Waals surface area contributed by atoms with Gasteiger partial charge in [-0.15, -0.1) is 11.3 Å². The number of piperazine rings is 1. The molecule has 114 valence electrons. The van der Waals surface area contributed by atoms with E-state index >= 15 is 0 Å². The second-order valence-corrected chi connectivity index (χ2v) is 6.74. The molecule has 4 nitrogen and oxygen atoms in total. The van der Waals surface area contributed by atoms with E-state index in [2.05, 4.69) is 30.6 Å². The maximum Gasteiger partial charge on any atom is 0.264 e. The van der Waals surface area contributed by atoms with E-state index in [1.807, 2.05) is 17.0 Å². The lowest BCUT2D eigenvalue weighted by atomic mass is 10.2. The van der Waals surface area contributed by atoms with Gasteiger partial charge in [0.1, 0.15) is 0 Å². The van der Waals surface area contributed by atoms with Crippen molar-refractivity contribution >= 4 is 17.2 Å². The summed E-state index contributed by atoms with van der Waals surface area (Å²) in [7, 11) is 0. The van der Waals surface area contributed by atoms with Gasteiger partial charge in [-0.3, -0.25) is 9.69 Å². The SMILES string of the molecule is CC(C)CN1CCN(C(=O)c2ccc(C#CCN)s2)CC1. The maximum absolute atomic E-state index is 12.5. The van der Waals surface area contributed by atoms with Crippen LogP contribution >= 0.6 is 11.3 Å². The van der Waals surface area contributed by atoms with Gasteiger partial charge in [-0.05, 0) is 18.1 Å². The van der Waals surface area contributed by atoms with E-state index in [0.29, 0.717) is 12.5 Å². The third-order valence-electron chi connectivity index (χ3n) is 3.41. The van der Waals surface area contributed by atoms with Gasteiger partial charge < -0.3 is 10.6 Å². The molecule has 2 rings (SSSR count). The molecule has 0 spiro atoms. The summed E-state index contributed by atoms with van der Waals surface area (Å²) in [6.45, 7) is 9.48. The Morgan fingerprint density at radius 3 is 2.67 bits per heavy atom. The molecule has 1 aliphatic heterocycles. The zero-order valence-electron chi connectivity index (χ0n) is 12.8. The number of carbonyl (C=O) groups excluding carboxylic acids is 1. The van der Waals surface area contributed by atoms with Crippen LogP contribution in [0.4, 0.5) is 0 Å². The Labute approximate surface area is 130 Å². The zero-order chi connectivity index (χ0) is 15.2. The van der Waals surface area contributed by atoms with E-state index < -0.39 is 0 Å². The lowest BCUT2D eigenvalue weighted by Gasteiger charge is -2.35. The summed E-state index contributed by atoms with van der Waals surface area (Å²) in [6.07, 6.45) is 0. The molecule has 21 heavy (non-hydrogen) atoms. The minimum absolute atomic E-state index is 0.130. The fraction of sp³-hybridized carbons (Fsp3) is 0.562. The molecular formula is C16H23N3OS. The molecule has 1 fully saturated rings. The Hall–Kier alpha value is -1.35. The van der Waals surface area contributed by atoms with Crippen molar-refractivity contribution < 1.29 is 4.79 Å². The summed E-state index contributed by atoms with van der Waals surface area (Å²) >= 11 is 1.45. The van der Waals surface area contributed by atoms with Gasteiger partial charge in [0.05, 0.1) is 16.3 Å². The number of nitrogens with zero attached hydrogens (tertiary/aromatic N) is 2. The van der Waals surface area contributed by atoms with Gasteiger partial charge in [-0.1, -0.05) is 25.7 Å². The average molecular weight is 305 g/mol. The molecule has 0 unspecified atom stereocenters. The van der Waals surface area contributed by atoms with E-state index in [9.17, 15) is 4.79 Å². The molecule has 5 heteroatoms. The molecule has 1 aromatic heterocycles. The molecule has 1 saturated heterocycles. The van der Waals surface area contributed by atoms with Crippen LogP contribution < -0.4 is 5.73 Å². The van der Waals surface area contributed by atoms with Crippen molar-refractivity contribution in [2.45, 2.75) is 13.8 Å². The predicted octanol–water partition coefficient (Wildman–Crippen LogP) is 1.47. The lowest BCUT2D eigenvalue weighted by molar-refractivity contribution is 0.0628. The van der Waals surface area contributed by atoms with Crippen molar-refractivity contribution in [3.63, 3.8) is 0 Å². The summed E-state index contributed by atoms with van der Waals surface area (Å²) in [6, 6.07) is 3.77. The van der Waals surface area contributed by atoms with Crippen molar-refractivity contribution in [3.05, 3.63) is 21.9 Å². The fourth-order valence-corrected chi connectivity index (χ4v) is 3.31. The van der Waals surface area contributed by atoms with E-state index in [1.165, 1.54) is 11.3 Å². The summed E-state index contributed by atoms with van der Waals surface area (Å²) in [4.78, 5) is 18.5. The van der Waals surface area contributed by atoms with Gasteiger partial charge >= 0.3 is 0 Å². The number of thiophene rings is 1. The molecule has 0 aliphatic carbocycles. The first-order chi connectivity index (χ1) is 10.1. The molecule has 0 atom stereocenters. The van der Waals surface area contributed by atoms with Crippen LogP contribution in [-0.4, -0.2) is 55.0 Å². The smallest absolute Gasteiger partial charge is 0.264 e. The topological polar surface area (TPSA) is 49.6 Å². The van der Waals surface area contributed by atoms with Crippen LogP contribution in [0.15, 0.2) is 12.1 Å². The average Bonchev–Trinajstić information content (AvgIpc) is 2.93. The van der Waals surface area contributed by atoms with Crippen molar-refractivity contribution in [2.24, 2.45) is 11.7 Å². The minimum Gasteiger partial charge on any atom is -0.335 e. The Kier molecular flexibility index (Phi) is 5.80. The van der Waals surface area contributed by atoms with Gasteiger partial charge in [-0.2, -0.15) is 0 Å². The van der Waals surface area contributed by atoms with Gasteiger partial charge in [0.25, 0.3) is 5.91 Å². The quantitative estimate of drug-likeness (QED) is 0.861. The molecule has 0 radical (unpaired) electrons. The van der Waals surface area contributed by atoms with Crippen LogP contribution in [0.3, 0.4) is 0 Å². The van der Waals surface area contributed by atoms with E-state index in [-0.39, 0.29) is 5.91 Å². The molecule has 1 amide bonds. The Bertz CT molecular complexity index is 533. The van der Waals surface area contributed by atoms with Crippen LogP contribution in [-0.2, 0) is 0 Å². The molecule has 2 heterocycles. The highest BCUT2D eigenvalue weighted by atomic mass is 32.1. The van der Waals surface area contributed by atoms with E-state index in [0.717, 1.165) is 42.5 Å². The Balaban J connectivity index is 1.91. The molecule has 0 saturated carbocycles. The molecule has 1 aliphatic rings. The first-order valence-corrected chi connectivity index (χ1v) is 8.22. The number of nitrogens with two attached hydrogens (primary N) is 1. The Morgan fingerprint density at radius 1 is 1.33 bits per heavy atom. The van der Waals surface area contributed by atoms with Crippen molar-refractivity contribution in [1.82, 2.24) is 9.80 Å². The number of amides is 1. The largest absolute Gasteiger partial charge is 0.335 e. The first-order valence-electron chi connectivity index (χ1n) is 7.40. The fourth-order valence-electron chi connectivity index (χ4n) is 2.46. The third kappa shape index (κ3) is 4.57. The zero-order valence-corrected chi connectivity index (χ0v) is 13.6. The second kappa shape index (κ2) is 7.60. The monoisotopic (exact) mass is 305 g/mol. The van der Waals surface area contributed by atoms with Crippen molar-refractivity contribution in [3.8, 4) is 11.8 Å². The minimum atomic E-state index is 0.130. The van der Waals surface area contributed by atoms with E-state index in [4.69, 9.17) is 5.73 Å². The van der Waals surface area contributed by atoms with Gasteiger partial charge in [0.15, 0.2) is 0 Å². The van der Waals surface area contributed by atoms with Gasteiger partial charge in [0.2, 0.25) is 0 Å². The number of carbonyl (C=O) groups is 1. The number of rotatable bonds is 3.